The highest BCUT2D eigenvalue weighted by Gasteiger charge is 2.52. The van der Waals surface area contributed by atoms with Crippen molar-refractivity contribution >= 4 is 20.4 Å². The molecule has 0 saturated carbocycles. The molecular weight excluding hydrogens is 403 g/mol. The van der Waals surface area contributed by atoms with E-state index in [1.165, 1.54) is 6.07 Å². The van der Waals surface area contributed by atoms with Gasteiger partial charge in [0.05, 0.1) is 18.1 Å². The van der Waals surface area contributed by atoms with Crippen LogP contribution in [-0.4, -0.2) is 45.8 Å². The van der Waals surface area contributed by atoms with Crippen LogP contribution in [0.25, 0.3) is 0 Å². The van der Waals surface area contributed by atoms with Crippen molar-refractivity contribution in [1.82, 2.24) is 9.55 Å². The van der Waals surface area contributed by atoms with E-state index in [2.05, 4.69) is 4.98 Å². The monoisotopic (exact) mass is 425 g/mol. The zero-order valence-corrected chi connectivity index (χ0v) is 16.4. The van der Waals surface area contributed by atoms with Crippen molar-refractivity contribution < 1.29 is 37.0 Å². The van der Waals surface area contributed by atoms with E-state index in [1.807, 2.05) is 0 Å². The number of nitrogen functional groups attached to an aromatic ring is 1. The van der Waals surface area contributed by atoms with Crippen molar-refractivity contribution in [2.24, 2.45) is 5.41 Å². The fourth-order valence-corrected chi connectivity index (χ4v) is 2.74. The van der Waals surface area contributed by atoms with Gasteiger partial charge in [-0.05, 0) is 26.8 Å². The molecule has 28 heavy (non-hydrogen) atoms. The van der Waals surface area contributed by atoms with Crippen LogP contribution in [0.15, 0.2) is 17.1 Å². The molecule has 1 aliphatic heterocycles. The number of anilines is 1. The molecule has 1 saturated heterocycles. The SMILES string of the molecule is CC(C)(C)C(=O)OCOP(O)OCC1CC(F)(F)C(n2ccc(N)nc2=O)O1. The molecule has 3 unspecified atom stereocenters. The zero-order chi connectivity index (χ0) is 21.1. The number of carbonyl (C=O) groups excluding carboxylic acids is 1. The Hall–Kier alpha value is -1.72. The Morgan fingerprint density at radius 2 is 2.18 bits per heavy atom. The quantitative estimate of drug-likeness (QED) is 0.379. The lowest BCUT2D eigenvalue weighted by atomic mass is 9.98. The lowest BCUT2D eigenvalue weighted by Crippen LogP contribution is -2.35. The van der Waals surface area contributed by atoms with Gasteiger partial charge in [0.15, 0.2) is 0 Å². The molecule has 13 heteroatoms. The summed E-state index contributed by atoms with van der Waals surface area (Å²) in [6.07, 6.45) is -2.66. The third kappa shape index (κ3) is 5.89. The van der Waals surface area contributed by atoms with E-state index in [9.17, 15) is 23.3 Å². The van der Waals surface area contributed by atoms with Gasteiger partial charge in [-0.1, -0.05) is 0 Å². The fraction of sp³-hybridized carbons (Fsp3) is 0.667. The highest BCUT2D eigenvalue weighted by Crippen LogP contribution is 2.43. The van der Waals surface area contributed by atoms with E-state index in [-0.39, 0.29) is 5.82 Å². The van der Waals surface area contributed by atoms with Crippen molar-refractivity contribution in [3.8, 4) is 0 Å². The Kier molecular flexibility index (Phi) is 7.05. The van der Waals surface area contributed by atoms with Crippen molar-refractivity contribution in [3.05, 3.63) is 22.7 Å². The maximum absolute atomic E-state index is 14.2. The van der Waals surface area contributed by atoms with Gasteiger partial charge >= 0.3 is 20.3 Å². The van der Waals surface area contributed by atoms with E-state index in [1.54, 1.807) is 20.8 Å². The molecule has 0 spiro atoms. The van der Waals surface area contributed by atoms with Gasteiger partial charge < -0.3 is 24.6 Å². The van der Waals surface area contributed by atoms with Crippen LogP contribution in [0.4, 0.5) is 14.6 Å². The first-order valence-electron chi connectivity index (χ1n) is 8.20. The number of nitrogens with zero attached hydrogens (tertiary/aromatic N) is 2. The number of hydrogen-bond acceptors (Lipinski definition) is 9. The Morgan fingerprint density at radius 3 is 2.79 bits per heavy atom. The summed E-state index contributed by atoms with van der Waals surface area (Å²) in [4.78, 5) is 36.3. The number of carbonyl (C=O) groups is 1. The van der Waals surface area contributed by atoms with Crippen LogP contribution >= 0.6 is 8.60 Å². The second kappa shape index (κ2) is 8.75. The summed E-state index contributed by atoms with van der Waals surface area (Å²) in [5.74, 6) is -4.01. The molecule has 0 aliphatic carbocycles. The van der Waals surface area contributed by atoms with E-state index >= 15 is 0 Å². The van der Waals surface area contributed by atoms with Crippen molar-refractivity contribution in [2.45, 2.75) is 45.4 Å². The van der Waals surface area contributed by atoms with Crippen LogP contribution in [0.5, 0.6) is 0 Å². The van der Waals surface area contributed by atoms with E-state index in [4.69, 9.17) is 24.3 Å². The van der Waals surface area contributed by atoms with Crippen molar-refractivity contribution in [3.63, 3.8) is 0 Å². The van der Waals surface area contributed by atoms with Crippen LogP contribution in [0.1, 0.15) is 33.4 Å². The van der Waals surface area contributed by atoms with Gasteiger partial charge in [-0.3, -0.25) is 13.9 Å². The van der Waals surface area contributed by atoms with Gasteiger partial charge in [0.25, 0.3) is 5.92 Å². The first-order chi connectivity index (χ1) is 12.9. The number of ether oxygens (including phenoxy) is 2. The highest BCUT2D eigenvalue weighted by atomic mass is 31.2. The second-order valence-corrected chi connectivity index (χ2v) is 8.07. The summed E-state index contributed by atoms with van der Waals surface area (Å²) in [6, 6.07) is 1.20. The molecule has 1 fully saturated rings. The van der Waals surface area contributed by atoms with Gasteiger partial charge in [-0.25, -0.2) is 13.6 Å². The molecule has 0 radical (unpaired) electrons. The number of rotatable bonds is 7. The molecule has 1 aromatic rings. The van der Waals surface area contributed by atoms with Crippen LogP contribution in [0.2, 0.25) is 0 Å². The highest BCUT2D eigenvalue weighted by molar-refractivity contribution is 7.40. The van der Waals surface area contributed by atoms with Gasteiger partial charge in [0, 0.05) is 12.6 Å². The van der Waals surface area contributed by atoms with Crippen molar-refractivity contribution in [1.29, 1.82) is 0 Å². The number of nitrogens with two attached hydrogens (primary N) is 1. The predicted octanol–water partition coefficient (Wildman–Crippen LogP) is 1.55. The summed E-state index contributed by atoms with van der Waals surface area (Å²) in [7, 11) is -2.47. The summed E-state index contributed by atoms with van der Waals surface area (Å²) in [6.45, 7) is 3.96. The van der Waals surface area contributed by atoms with Gasteiger partial charge in [-0.15, -0.1) is 0 Å². The molecule has 2 rings (SSSR count). The first kappa shape index (κ1) is 22.6. The number of alkyl halides is 2. The Bertz CT molecular complexity index is 756. The zero-order valence-electron chi connectivity index (χ0n) is 15.5. The normalized spacial score (nSPS) is 22.8. The first-order valence-corrected chi connectivity index (χ1v) is 9.33. The lowest BCUT2D eigenvalue weighted by molar-refractivity contribution is -0.160. The van der Waals surface area contributed by atoms with E-state index in [0.717, 1.165) is 6.20 Å². The number of esters is 1. The minimum Gasteiger partial charge on any atom is -0.438 e. The maximum atomic E-state index is 14.2. The fourth-order valence-electron chi connectivity index (χ4n) is 2.23. The van der Waals surface area contributed by atoms with E-state index in [0.29, 0.717) is 4.57 Å². The van der Waals surface area contributed by atoms with Crippen LogP contribution in [0.3, 0.4) is 0 Å². The van der Waals surface area contributed by atoms with Crippen LogP contribution < -0.4 is 11.4 Å². The topological polar surface area (TPSA) is 135 Å². The molecule has 3 N–H and O–H groups in total. The molecular formula is C15H22F2N3O7P. The van der Waals surface area contributed by atoms with Crippen molar-refractivity contribution in [2.75, 3.05) is 19.1 Å². The third-order valence-corrected chi connectivity index (χ3v) is 4.32. The molecule has 0 bridgehead atoms. The average Bonchev–Trinajstić information content (AvgIpc) is 2.86. The summed E-state index contributed by atoms with van der Waals surface area (Å²) < 4.78 is 48.8. The summed E-state index contributed by atoms with van der Waals surface area (Å²) >= 11 is 0. The lowest BCUT2D eigenvalue weighted by Gasteiger charge is -2.19. The number of hydrogen-bond donors (Lipinski definition) is 2. The molecule has 0 aromatic carbocycles. The Morgan fingerprint density at radius 1 is 1.50 bits per heavy atom. The molecule has 3 atom stereocenters. The second-order valence-electron chi connectivity index (χ2n) is 7.08. The molecule has 0 amide bonds. The number of aromatic nitrogens is 2. The predicted molar refractivity (Wildman–Crippen MR) is 93.0 cm³/mol. The molecule has 10 nitrogen and oxygen atoms in total. The summed E-state index contributed by atoms with van der Waals surface area (Å²) in [5, 5.41) is 0. The van der Waals surface area contributed by atoms with E-state index < -0.39 is 63.8 Å². The average molecular weight is 425 g/mol. The standard InChI is InChI=1S/C15H22F2N3O7P/c1-14(2,3)12(21)24-8-26-28(23)25-7-9-6-15(16,17)11(27-9)20-5-4-10(18)19-13(20)22/h4-5,9,11,23H,6-8H2,1-3H3,(H2,18,19,22). The Balaban J connectivity index is 1.84. The minimum absolute atomic E-state index is 0.0994. The van der Waals surface area contributed by atoms with Gasteiger partial charge in [-0.2, -0.15) is 4.98 Å². The molecule has 1 aromatic heterocycles. The van der Waals surface area contributed by atoms with Gasteiger partial charge in [0.1, 0.15) is 5.82 Å². The minimum atomic E-state index is -3.36. The third-order valence-electron chi connectivity index (χ3n) is 3.62. The molecule has 1 aliphatic rings. The maximum Gasteiger partial charge on any atom is 0.351 e. The van der Waals surface area contributed by atoms with Gasteiger partial charge in [0.2, 0.25) is 13.0 Å². The van der Waals surface area contributed by atoms with Crippen LogP contribution in [-0.2, 0) is 23.3 Å². The smallest absolute Gasteiger partial charge is 0.351 e. The Labute approximate surface area is 160 Å². The molecule has 158 valence electrons. The molecule has 2 heterocycles. The van der Waals surface area contributed by atoms with Crippen LogP contribution in [0, 0.1) is 5.41 Å². The largest absolute Gasteiger partial charge is 0.438 e. The number of halogens is 2. The summed E-state index contributed by atoms with van der Waals surface area (Å²) in [5.41, 5.74) is 3.63.